The van der Waals surface area contributed by atoms with E-state index in [2.05, 4.69) is 74.3 Å². The fourth-order valence-corrected chi connectivity index (χ4v) is 3.87. The van der Waals surface area contributed by atoms with Crippen molar-refractivity contribution in [2.45, 2.75) is 18.3 Å². The molecule has 3 rings (SSSR count). The van der Waals surface area contributed by atoms with Crippen LogP contribution in [0.5, 0.6) is 5.75 Å². The molecule has 0 radical (unpaired) electrons. The monoisotopic (exact) mass is 394 g/mol. The predicted octanol–water partition coefficient (Wildman–Crippen LogP) is 5.49. The Hall–Kier alpha value is -0.800. The predicted molar refractivity (Wildman–Crippen MR) is 90.0 cm³/mol. The van der Waals surface area contributed by atoms with Gasteiger partial charge in [0.15, 0.2) is 0 Å². The highest BCUT2D eigenvalue weighted by Crippen LogP contribution is 2.40. The van der Waals surface area contributed by atoms with E-state index in [-0.39, 0.29) is 0 Å². The molecule has 0 aliphatic carbocycles. The van der Waals surface area contributed by atoms with Crippen LogP contribution in [0.25, 0.3) is 0 Å². The van der Waals surface area contributed by atoms with Gasteiger partial charge in [-0.2, -0.15) is 0 Å². The van der Waals surface area contributed by atoms with Crippen LogP contribution >= 0.6 is 31.9 Å². The van der Waals surface area contributed by atoms with E-state index in [1.54, 1.807) is 0 Å². The van der Waals surface area contributed by atoms with Gasteiger partial charge in [-0.1, -0.05) is 62.2 Å². The van der Waals surface area contributed by atoms with Crippen molar-refractivity contribution >= 4 is 31.9 Å². The fraction of sp³-hybridized carbons (Fsp3) is 0.294. The summed E-state index contributed by atoms with van der Waals surface area (Å²) in [5.74, 6) is 2.06. The minimum atomic E-state index is 0.493. The molecule has 1 nitrogen and oxygen atoms in total. The van der Waals surface area contributed by atoms with E-state index in [9.17, 15) is 0 Å². The maximum Gasteiger partial charge on any atom is 0.122 e. The Labute approximate surface area is 136 Å². The third-order valence-corrected chi connectivity index (χ3v) is 5.15. The Morgan fingerprint density at radius 1 is 1.15 bits per heavy atom. The van der Waals surface area contributed by atoms with E-state index in [0.717, 1.165) is 28.6 Å². The van der Waals surface area contributed by atoms with Gasteiger partial charge in [0, 0.05) is 21.3 Å². The first-order chi connectivity index (χ1) is 9.78. The average molecular weight is 396 g/mol. The van der Waals surface area contributed by atoms with Gasteiger partial charge in [-0.25, -0.2) is 0 Å². The third-order valence-electron chi connectivity index (χ3n) is 3.87. The van der Waals surface area contributed by atoms with E-state index in [0.29, 0.717) is 11.8 Å². The summed E-state index contributed by atoms with van der Waals surface area (Å²) in [7, 11) is 0. The van der Waals surface area contributed by atoms with Gasteiger partial charge in [-0.3, -0.25) is 0 Å². The molecule has 0 N–H and O–H groups in total. The first-order valence-electron chi connectivity index (χ1n) is 6.81. The molecule has 3 heteroatoms. The standard InChI is InChI=1S/C17H16Br2O/c18-10-13(12-4-3-5-15(19)9-12)8-14-11-20-17-7-2-1-6-16(14)17/h1-7,9,13-14H,8,10-11H2. The number of para-hydroxylation sites is 1. The van der Waals surface area contributed by atoms with Crippen LogP contribution in [0.4, 0.5) is 0 Å². The summed E-state index contributed by atoms with van der Waals surface area (Å²) < 4.78 is 6.93. The van der Waals surface area contributed by atoms with Crippen LogP contribution in [-0.4, -0.2) is 11.9 Å². The highest BCUT2D eigenvalue weighted by molar-refractivity contribution is 9.10. The summed E-state index contributed by atoms with van der Waals surface area (Å²) >= 11 is 7.23. The van der Waals surface area contributed by atoms with E-state index >= 15 is 0 Å². The Balaban J connectivity index is 1.80. The third kappa shape index (κ3) is 2.94. The summed E-state index contributed by atoms with van der Waals surface area (Å²) in [4.78, 5) is 0. The van der Waals surface area contributed by atoms with Gasteiger partial charge in [-0.15, -0.1) is 0 Å². The Kier molecular flexibility index (Phi) is 4.47. The number of hydrogen-bond acceptors (Lipinski definition) is 1. The molecule has 0 bridgehead atoms. The van der Waals surface area contributed by atoms with Gasteiger partial charge in [0.25, 0.3) is 0 Å². The first kappa shape index (κ1) is 14.2. The molecule has 2 aromatic rings. The van der Waals surface area contributed by atoms with Crippen LogP contribution in [0.3, 0.4) is 0 Å². The normalized spacial score (nSPS) is 18.4. The van der Waals surface area contributed by atoms with Gasteiger partial charge < -0.3 is 4.74 Å². The number of alkyl halides is 1. The second kappa shape index (κ2) is 6.31. The lowest BCUT2D eigenvalue weighted by molar-refractivity contribution is 0.320. The van der Waals surface area contributed by atoms with E-state index < -0.39 is 0 Å². The van der Waals surface area contributed by atoms with Crippen LogP contribution < -0.4 is 4.74 Å². The largest absolute Gasteiger partial charge is 0.493 e. The highest BCUT2D eigenvalue weighted by Gasteiger charge is 2.26. The zero-order valence-corrected chi connectivity index (χ0v) is 14.2. The topological polar surface area (TPSA) is 9.23 Å². The molecule has 0 aromatic heterocycles. The Morgan fingerprint density at radius 3 is 2.80 bits per heavy atom. The molecule has 1 aliphatic rings. The van der Waals surface area contributed by atoms with Crippen LogP contribution in [0.2, 0.25) is 0 Å². The minimum absolute atomic E-state index is 0.493. The van der Waals surface area contributed by atoms with E-state index in [1.807, 2.05) is 6.07 Å². The number of fused-ring (bicyclic) bond motifs is 1. The molecule has 20 heavy (non-hydrogen) atoms. The lowest BCUT2D eigenvalue weighted by Crippen LogP contribution is -2.09. The number of ether oxygens (including phenoxy) is 1. The molecule has 2 atom stereocenters. The average Bonchev–Trinajstić information content (AvgIpc) is 2.88. The van der Waals surface area contributed by atoms with Crippen molar-refractivity contribution < 1.29 is 4.74 Å². The molecule has 0 fully saturated rings. The van der Waals surface area contributed by atoms with Crippen LogP contribution in [0, 0.1) is 0 Å². The molecular weight excluding hydrogens is 380 g/mol. The fourth-order valence-electron chi connectivity index (χ4n) is 2.82. The van der Waals surface area contributed by atoms with Crippen molar-refractivity contribution in [3.05, 3.63) is 64.1 Å². The zero-order valence-electron chi connectivity index (χ0n) is 11.1. The molecule has 1 aliphatic heterocycles. The van der Waals surface area contributed by atoms with Crippen molar-refractivity contribution in [2.24, 2.45) is 0 Å². The smallest absolute Gasteiger partial charge is 0.122 e. The van der Waals surface area contributed by atoms with Crippen molar-refractivity contribution in [1.82, 2.24) is 0 Å². The lowest BCUT2D eigenvalue weighted by Gasteiger charge is -2.18. The van der Waals surface area contributed by atoms with Crippen molar-refractivity contribution in [2.75, 3.05) is 11.9 Å². The highest BCUT2D eigenvalue weighted by atomic mass is 79.9. The SMILES string of the molecule is BrCC(CC1COc2ccccc21)c1cccc(Br)c1. The van der Waals surface area contributed by atoms with Gasteiger partial charge >= 0.3 is 0 Å². The molecule has 2 unspecified atom stereocenters. The lowest BCUT2D eigenvalue weighted by atomic mass is 9.87. The molecular formula is C17H16Br2O. The summed E-state index contributed by atoms with van der Waals surface area (Å²) in [5, 5.41) is 0.974. The number of rotatable bonds is 4. The molecule has 2 aromatic carbocycles. The summed E-state index contributed by atoms with van der Waals surface area (Å²) in [5.41, 5.74) is 2.73. The second-order valence-electron chi connectivity index (χ2n) is 5.19. The van der Waals surface area contributed by atoms with Crippen LogP contribution in [0.15, 0.2) is 53.0 Å². The Morgan fingerprint density at radius 2 is 2.00 bits per heavy atom. The number of halogens is 2. The maximum atomic E-state index is 5.79. The van der Waals surface area contributed by atoms with Crippen molar-refractivity contribution in [1.29, 1.82) is 0 Å². The van der Waals surface area contributed by atoms with E-state index in [1.165, 1.54) is 11.1 Å². The molecule has 0 spiro atoms. The van der Waals surface area contributed by atoms with Crippen molar-refractivity contribution in [3.8, 4) is 5.75 Å². The zero-order chi connectivity index (χ0) is 13.9. The quantitative estimate of drug-likeness (QED) is 0.621. The summed E-state index contributed by atoms with van der Waals surface area (Å²) in [6.45, 7) is 0.802. The molecule has 0 amide bonds. The number of hydrogen-bond donors (Lipinski definition) is 0. The summed E-state index contributed by atoms with van der Waals surface area (Å²) in [6, 6.07) is 17.0. The van der Waals surface area contributed by atoms with Gasteiger partial charge in [0.1, 0.15) is 5.75 Å². The van der Waals surface area contributed by atoms with Gasteiger partial charge in [-0.05, 0) is 36.1 Å². The molecule has 0 saturated heterocycles. The van der Waals surface area contributed by atoms with Crippen LogP contribution in [0.1, 0.15) is 29.4 Å². The second-order valence-corrected chi connectivity index (χ2v) is 6.75. The van der Waals surface area contributed by atoms with Gasteiger partial charge in [0.05, 0.1) is 6.61 Å². The van der Waals surface area contributed by atoms with Crippen LogP contribution in [-0.2, 0) is 0 Å². The summed E-state index contributed by atoms with van der Waals surface area (Å²) in [6.07, 6.45) is 1.11. The molecule has 1 heterocycles. The van der Waals surface area contributed by atoms with Crippen molar-refractivity contribution in [3.63, 3.8) is 0 Å². The number of benzene rings is 2. The minimum Gasteiger partial charge on any atom is -0.493 e. The molecule has 104 valence electrons. The van der Waals surface area contributed by atoms with E-state index in [4.69, 9.17) is 4.74 Å². The Bertz CT molecular complexity index is 597. The first-order valence-corrected chi connectivity index (χ1v) is 8.72. The molecule has 0 saturated carbocycles. The van der Waals surface area contributed by atoms with Gasteiger partial charge in [0.2, 0.25) is 0 Å². The maximum absolute atomic E-state index is 5.79.